The van der Waals surface area contributed by atoms with Crippen molar-refractivity contribution in [3.8, 4) is 0 Å². The molecule has 1 fully saturated rings. The van der Waals surface area contributed by atoms with Crippen LogP contribution in [0.2, 0.25) is 5.02 Å². The Hall–Kier alpha value is -2.45. The predicted molar refractivity (Wildman–Crippen MR) is 97.2 cm³/mol. The summed E-state index contributed by atoms with van der Waals surface area (Å²) < 4.78 is 40.2. The van der Waals surface area contributed by atoms with Crippen LogP contribution >= 0.6 is 11.6 Å². The molecule has 1 unspecified atom stereocenters. The largest absolute Gasteiger partial charge is 0.324 e. The molecule has 0 radical (unpaired) electrons. The van der Waals surface area contributed by atoms with Gasteiger partial charge in [-0.3, -0.25) is 9.59 Å². The summed E-state index contributed by atoms with van der Waals surface area (Å²) in [5.41, 5.74) is -1.25. The summed E-state index contributed by atoms with van der Waals surface area (Å²) in [6.45, 7) is 1.74. The maximum atomic E-state index is 13.4. The van der Waals surface area contributed by atoms with E-state index in [0.717, 1.165) is 6.07 Å². The molecular formula is C18H16ClFN2O4S. The molecule has 0 bridgehead atoms. The molecule has 0 saturated carbocycles. The molecule has 27 heavy (non-hydrogen) atoms. The van der Waals surface area contributed by atoms with Crippen molar-refractivity contribution >= 4 is 33.4 Å². The number of hydrogen-bond acceptors (Lipinski definition) is 4. The van der Waals surface area contributed by atoms with Crippen molar-refractivity contribution in [2.45, 2.75) is 23.8 Å². The highest BCUT2D eigenvalue weighted by molar-refractivity contribution is 7.90. The van der Waals surface area contributed by atoms with Crippen LogP contribution in [0.1, 0.15) is 23.7 Å². The van der Waals surface area contributed by atoms with Gasteiger partial charge in [0.15, 0.2) is 0 Å². The van der Waals surface area contributed by atoms with Crippen LogP contribution in [0.3, 0.4) is 0 Å². The van der Waals surface area contributed by atoms with Crippen LogP contribution in [0.25, 0.3) is 0 Å². The van der Waals surface area contributed by atoms with Gasteiger partial charge in [-0.15, -0.1) is 0 Å². The van der Waals surface area contributed by atoms with E-state index in [9.17, 15) is 22.4 Å². The molecule has 6 nitrogen and oxygen atoms in total. The Kier molecular flexibility index (Phi) is 4.96. The standard InChI is InChI=1S/C18H16ClFN2O4S/c1-18(9-10-22(18)16(23)12-3-2-4-14(20)11-12)17(24)21-27(25,26)15-7-5-13(19)6-8-15/h2-8,11H,9-10H2,1H3,(H,21,24). The summed E-state index contributed by atoms with van der Waals surface area (Å²) in [6, 6.07) is 10.4. The minimum atomic E-state index is -4.11. The van der Waals surface area contributed by atoms with E-state index in [-0.39, 0.29) is 23.4 Å². The van der Waals surface area contributed by atoms with Gasteiger partial charge in [-0.1, -0.05) is 17.7 Å². The molecule has 1 heterocycles. The van der Waals surface area contributed by atoms with Gasteiger partial charge in [-0.2, -0.15) is 0 Å². The summed E-state index contributed by atoms with van der Waals surface area (Å²) in [7, 11) is -4.11. The zero-order valence-corrected chi connectivity index (χ0v) is 15.8. The van der Waals surface area contributed by atoms with Gasteiger partial charge in [-0.05, 0) is 55.8 Å². The molecule has 1 aliphatic rings. The third kappa shape index (κ3) is 3.68. The van der Waals surface area contributed by atoms with Gasteiger partial charge < -0.3 is 4.90 Å². The molecule has 1 aliphatic heterocycles. The Morgan fingerprint density at radius 2 is 1.85 bits per heavy atom. The highest BCUT2D eigenvalue weighted by Gasteiger charge is 2.50. The van der Waals surface area contributed by atoms with E-state index in [2.05, 4.69) is 0 Å². The third-order valence-electron chi connectivity index (χ3n) is 4.57. The predicted octanol–water partition coefficient (Wildman–Crippen LogP) is 2.59. The number of rotatable bonds is 4. The highest BCUT2D eigenvalue weighted by atomic mass is 35.5. The number of carbonyl (C=O) groups excluding carboxylic acids is 2. The maximum Gasteiger partial charge on any atom is 0.264 e. The molecule has 3 rings (SSSR count). The van der Waals surface area contributed by atoms with Gasteiger partial charge in [0.25, 0.3) is 21.8 Å². The maximum absolute atomic E-state index is 13.4. The van der Waals surface area contributed by atoms with E-state index >= 15 is 0 Å². The van der Waals surface area contributed by atoms with Crippen molar-refractivity contribution < 1.29 is 22.4 Å². The van der Waals surface area contributed by atoms with Gasteiger partial charge in [0.05, 0.1) is 4.90 Å². The Bertz CT molecular complexity index is 1010. The van der Waals surface area contributed by atoms with Gasteiger partial charge in [0.1, 0.15) is 11.4 Å². The summed E-state index contributed by atoms with van der Waals surface area (Å²) in [6.07, 6.45) is 0.288. The lowest BCUT2D eigenvalue weighted by atomic mass is 9.85. The van der Waals surface area contributed by atoms with Crippen molar-refractivity contribution in [2.75, 3.05) is 6.54 Å². The van der Waals surface area contributed by atoms with Crippen molar-refractivity contribution in [2.24, 2.45) is 0 Å². The average molecular weight is 411 g/mol. The Balaban J connectivity index is 1.79. The second kappa shape index (κ2) is 6.94. The minimum Gasteiger partial charge on any atom is -0.324 e. The molecule has 1 saturated heterocycles. The van der Waals surface area contributed by atoms with Crippen LogP contribution < -0.4 is 4.72 Å². The molecule has 2 aromatic rings. The monoisotopic (exact) mass is 410 g/mol. The van der Waals surface area contributed by atoms with Gasteiger partial charge in [0.2, 0.25) is 0 Å². The molecule has 0 aromatic heterocycles. The number of halogens is 2. The Morgan fingerprint density at radius 1 is 1.19 bits per heavy atom. The van der Waals surface area contributed by atoms with Crippen LogP contribution in [0.4, 0.5) is 4.39 Å². The highest BCUT2D eigenvalue weighted by Crippen LogP contribution is 2.32. The molecular weight excluding hydrogens is 395 g/mol. The van der Waals surface area contributed by atoms with E-state index in [1.807, 2.05) is 4.72 Å². The normalized spacial score (nSPS) is 19.3. The molecule has 2 amide bonds. The summed E-state index contributed by atoms with van der Waals surface area (Å²) in [5.74, 6) is -1.94. The summed E-state index contributed by atoms with van der Waals surface area (Å²) in [5, 5.41) is 0.359. The molecule has 1 atom stereocenters. The number of nitrogens with one attached hydrogen (secondary N) is 1. The first-order valence-corrected chi connectivity index (χ1v) is 9.90. The van der Waals surface area contributed by atoms with Crippen molar-refractivity contribution in [3.05, 3.63) is 64.9 Å². The van der Waals surface area contributed by atoms with Crippen molar-refractivity contribution in [1.82, 2.24) is 9.62 Å². The molecule has 1 N–H and O–H groups in total. The first-order valence-electron chi connectivity index (χ1n) is 8.04. The van der Waals surface area contributed by atoms with E-state index in [0.29, 0.717) is 5.02 Å². The second-order valence-electron chi connectivity index (χ2n) is 6.38. The average Bonchev–Trinajstić information content (AvgIpc) is 2.60. The number of benzene rings is 2. The van der Waals surface area contributed by atoms with Crippen molar-refractivity contribution in [1.29, 1.82) is 0 Å². The third-order valence-corrected chi connectivity index (χ3v) is 6.17. The fourth-order valence-electron chi connectivity index (χ4n) is 2.80. The van der Waals surface area contributed by atoms with Gasteiger partial charge in [0, 0.05) is 17.1 Å². The number of likely N-dealkylation sites (tertiary alicyclic amines) is 1. The second-order valence-corrected chi connectivity index (χ2v) is 8.50. The number of sulfonamides is 1. The van der Waals surface area contributed by atoms with Crippen molar-refractivity contribution in [3.63, 3.8) is 0 Å². The number of carbonyl (C=O) groups is 2. The number of hydrogen-bond donors (Lipinski definition) is 1. The Morgan fingerprint density at radius 3 is 2.41 bits per heavy atom. The van der Waals surface area contributed by atoms with E-state index in [4.69, 9.17) is 11.6 Å². The van der Waals surface area contributed by atoms with Crippen LogP contribution in [0.15, 0.2) is 53.4 Å². The lowest BCUT2D eigenvalue weighted by molar-refractivity contribution is -0.135. The van der Waals surface area contributed by atoms with E-state index in [1.54, 1.807) is 0 Å². The lowest BCUT2D eigenvalue weighted by Gasteiger charge is -2.48. The fraction of sp³-hybridized carbons (Fsp3) is 0.222. The van der Waals surface area contributed by atoms with E-state index in [1.165, 1.54) is 54.3 Å². The van der Waals surface area contributed by atoms with Crippen LogP contribution in [-0.4, -0.2) is 37.2 Å². The quantitative estimate of drug-likeness (QED) is 0.839. The fourth-order valence-corrected chi connectivity index (χ4v) is 4.00. The lowest BCUT2D eigenvalue weighted by Crippen LogP contribution is -2.67. The summed E-state index contributed by atoms with van der Waals surface area (Å²) in [4.78, 5) is 26.3. The van der Waals surface area contributed by atoms with Crippen LogP contribution in [-0.2, 0) is 14.8 Å². The Labute approximate surface area is 161 Å². The van der Waals surface area contributed by atoms with Gasteiger partial charge in [-0.25, -0.2) is 17.5 Å². The van der Waals surface area contributed by atoms with E-state index < -0.39 is 33.2 Å². The van der Waals surface area contributed by atoms with Gasteiger partial charge >= 0.3 is 0 Å². The molecule has 2 aromatic carbocycles. The zero-order valence-electron chi connectivity index (χ0n) is 14.3. The molecule has 9 heteroatoms. The first-order chi connectivity index (χ1) is 12.6. The van der Waals surface area contributed by atoms with Crippen LogP contribution in [0.5, 0.6) is 0 Å². The SMILES string of the molecule is CC1(C(=O)NS(=O)(=O)c2ccc(Cl)cc2)CCN1C(=O)c1cccc(F)c1. The topological polar surface area (TPSA) is 83.6 Å². The number of nitrogens with zero attached hydrogens (tertiary/aromatic N) is 1. The molecule has 142 valence electrons. The smallest absolute Gasteiger partial charge is 0.264 e. The number of amides is 2. The summed E-state index contributed by atoms with van der Waals surface area (Å²) >= 11 is 5.74. The van der Waals surface area contributed by atoms with Crippen LogP contribution in [0, 0.1) is 5.82 Å². The first kappa shape index (κ1) is 19.3. The zero-order chi connectivity index (χ0) is 19.8. The molecule has 0 spiro atoms. The minimum absolute atomic E-state index is 0.0919. The molecule has 0 aliphatic carbocycles.